The van der Waals surface area contributed by atoms with Crippen LogP contribution in [0.5, 0.6) is 0 Å². The molecule has 78 valence electrons. The Balaban J connectivity index is 3.56. The fraction of sp³-hybridized carbons (Fsp3) is 0.556. The van der Waals surface area contributed by atoms with Gasteiger partial charge in [0.1, 0.15) is 0 Å². The minimum absolute atomic E-state index is 0.0626. The van der Waals surface area contributed by atoms with E-state index in [1.807, 2.05) is 0 Å². The molecule has 0 bridgehead atoms. The zero-order valence-electron chi connectivity index (χ0n) is 7.95. The number of terminal acetylenes is 1. The quantitative estimate of drug-likeness (QED) is 0.627. The highest BCUT2D eigenvalue weighted by Gasteiger charge is 2.09. The van der Waals surface area contributed by atoms with Gasteiger partial charge < -0.3 is 10.4 Å². The standard InChI is InChI=1S/C9H13NO3S/c1-3-4-10-8(11)6-14-7(2)5-9(12)13/h1,7H,4-6H2,2H3,(H,10,11)(H,12,13). The zero-order chi connectivity index (χ0) is 11.0. The van der Waals surface area contributed by atoms with E-state index in [2.05, 4.69) is 11.2 Å². The van der Waals surface area contributed by atoms with Crippen LogP contribution in [0.4, 0.5) is 0 Å². The fourth-order valence-electron chi connectivity index (χ4n) is 0.723. The summed E-state index contributed by atoms with van der Waals surface area (Å²) in [4.78, 5) is 21.3. The number of nitrogens with one attached hydrogen (secondary N) is 1. The zero-order valence-corrected chi connectivity index (χ0v) is 8.76. The number of rotatable bonds is 6. The molecule has 14 heavy (non-hydrogen) atoms. The second-order valence-corrected chi connectivity index (χ2v) is 4.13. The average molecular weight is 215 g/mol. The summed E-state index contributed by atoms with van der Waals surface area (Å²) in [6.07, 6.45) is 5.01. The van der Waals surface area contributed by atoms with Crippen molar-refractivity contribution in [3.63, 3.8) is 0 Å². The van der Waals surface area contributed by atoms with E-state index in [1.165, 1.54) is 11.8 Å². The monoisotopic (exact) mass is 215 g/mol. The Morgan fingerprint density at radius 3 is 2.79 bits per heavy atom. The molecule has 5 heteroatoms. The Morgan fingerprint density at radius 1 is 1.64 bits per heavy atom. The summed E-state index contributed by atoms with van der Waals surface area (Å²) in [7, 11) is 0. The van der Waals surface area contributed by atoms with Crippen molar-refractivity contribution in [3.05, 3.63) is 0 Å². The van der Waals surface area contributed by atoms with Gasteiger partial charge in [0.05, 0.1) is 18.7 Å². The molecule has 1 unspecified atom stereocenters. The average Bonchev–Trinajstić information content (AvgIpc) is 2.10. The number of carboxylic acids is 1. The highest BCUT2D eigenvalue weighted by atomic mass is 32.2. The van der Waals surface area contributed by atoms with Gasteiger partial charge >= 0.3 is 5.97 Å². The molecule has 0 saturated heterocycles. The highest BCUT2D eigenvalue weighted by molar-refractivity contribution is 8.00. The molecule has 0 aromatic rings. The lowest BCUT2D eigenvalue weighted by Crippen LogP contribution is -2.26. The number of carbonyl (C=O) groups is 2. The first-order valence-corrected chi connectivity index (χ1v) is 5.14. The van der Waals surface area contributed by atoms with Crippen LogP contribution in [0.25, 0.3) is 0 Å². The van der Waals surface area contributed by atoms with Gasteiger partial charge in [-0.15, -0.1) is 18.2 Å². The molecule has 0 aliphatic rings. The molecular formula is C9H13NO3S. The molecular weight excluding hydrogens is 202 g/mol. The maximum Gasteiger partial charge on any atom is 0.304 e. The summed E-state index contributed by atoms with van der Waals surface area (Å²) in [5.74, 6) is 1.51. The predicted molar refractivity (Wildman–Crippen MR) is 56.0 cm³/mol. The van der Waals surface area contributed by atoms with Gasteiger partial charge in [0.15, 0.2) is 0 Å². The number of hydrogen-bond donors (Lipinski definition) is 2. The molecule has 0 aromatic carbocycles. The first-order chi connectivity index (χ1) is 6.56. The maximum absolute atomic E-state index is 11.0. The Morgan fingerprint density at radius 2 is 2.29 bits per heavy atom. The molecule has 0 saturated carbocycles. The van der Waals surface area contributed by atoms with Crippen LogP contribution in [0, 0.1) is 12.3 Å². The highest BCUT2D eigenvalue weighted by Crippen LogP contribution is 2.13. The van der Waals surface area contributed by atoms with Crippen LogP contribution >= 0.6 is 11.8 Å². The van der Waals surface area contributed by atoms with E-state index in [0.717, 1.165) is 0 Å². The molecule has 0 radical (unpaired) electrons. The van der Waals surface area contributed by atoms with E-state index >= 15 is 0 Å². The Hall–Kier alpha value is -1.15. The summed E-state index contributed by atoms with van der Waals surface area (Å²) < 4.78 is 0. The van der Waals surface area contributed by atoms with Gasteiger partial charge in [-0.05, 0) is 0 Å². The third-order valence-corrected chi connectivity index (χ3v) is 2.51. The lowest BCUT2D eigenvalue weighted by molar-refractivity contribution is -0.136. The second kappa shape index (κ2) is 7.27. The first-order valence-electron chi connectivity index (χ1n) is 4.09. The van der Waals surface area contributed by atoms with Crippen LogP contribution in [-0.2, 0) is 9.59 Å². The van der Waals surface area contributed by atoms with E-state index in [-0.39, 0.29) is 29.9 Å². The molecule has 2 N–H and O–H groups in total. The van der Waals surface area contributed by atoms with E-state index in [9.17, 15) is 9.59 Å². The van der Waals surface area contributed by atoms with Crippen LogP contribution in [0.1, 0.15) is 13.3 Å². The molecule has 0 fully saturated rings. The summed E-state index contributed by atoms with van der Waals surface area (Å²) in [5.41, 5.74) is 0. The molecule has 1 atom stereocenters. The van der Waals surface area contributed by atoms with Gasteiger partial charge in [0, 0.05) is 5.25 Å². The normalized spacial score (nSPS) is 11.4. The van der Waals surface area contributed by atoms with Crippen LogP contribution in [0.2, 0.25) is 0 Å². The molecule has 0 rings (SSSR count). The fourth-order valence-corrected chi connectivity index (χ4v) is 1.52. The number of amides is 1. The van der Waals surface area contributed by atoms with Gasteiger partial charge in [0.2, 0.25) is 5.91 Å². The van der Waals surface area contributed by atoms with E-state index in [1.54, 1.807) is 6.92 Å². The van der Waals surface area contributed by atoms with Crippen molar-refractivity contribution in [1.82, 2.24) is 5.32 Å². The summed E-state index contributed by atoms with van der Waals surface area (Å²) >= 11 is 1.30. The van der Waals surface area contributed by atoms with E-state index in [0.29, 0.717) is 0 Å². The smallest absolute Gasteiger partial charge is 0.304 e. The molecule has 0 spiro atoms. The first kappa shape index (κ1) is 12.8. The molecule has 0 aliphatic heterocycles. The number of hydrogen-bond acceptors (Lipinski definition) is 3. The third kappa shape index (κ3) is 7.50. The molecule has 0 aliphatic carbocycles. The maximum atomic E-state index is 11.0. The van der Waals surface area contributed by atoms with Crippen LogP contribution in [-0.4, -0.2) is 34.5 Å². The largest absolute Gasteiger partial charge is 0.481 e. The van der Waals surface area contributed by atoms with Crippen molar-refractivity contribution >= 4 is 23.6 Å². The predicted octanol–water partition coefficient (Wildman–Crippen LogP) is 0.332. The summed E-state index contributed by atoms with van der Waals surface area (Å²) in [6, 6.07) is 0. The minimum atomic E-state index is -0.853. The lowest BCUT2D eigenvalue weighted by Gasteiger charge is -2.07. The number of aliphatic carboxylic acids is 1. The van der Waals surface area contributed by atoms with Crippen LogP contribution < -0.4 is 5.32 Å². The van der Waals surface area contributed by atoms with Crippen molar-refractivity contribution in [2.45, 2.75) is 18.6 Å². The van der Waals surface area contributed by atoms with Gasteiger partial charge in [0.25, 0.3) is 0 Å². The van der Waals surface area contributed by atoms with Crippen molar-refractivity contribution in [2.75, 3.05) is 12.3 Å². The van der Waals surface area contributed by atoms with E-state index < -0.39 is 5.97 Å². The summed E-state index contributed by atoms with van der Waals surface area (Å²) in [6.45, 7) is 1.99. The SMILES string of the molecule is C#CCNC(=O)CSC(C)CC(=O)O. The van der Waals surface area contributed by atoms with Crippen molar-refractivity contribution in [2.24, 2.45) is 0 Å². The Kier molecular flexibility index (Phi) is 6.68. The van der Waals surface area contributed by atoms with Crippen molar-refractivity contribution < 1.29 is 14.7 Å². The number of carboxylic acid groups (broad SMARTS) is 1. The summed E-state index contributed by atoms with van der Waals surface area (Å²) in [5, 5.41) is 10.9. The number of thioether (sulfide) groups is 1. The topological polar surface area (TPSA) is 66.4 Å². The Bertz CT molecular complexity index is 247. The van der Waals surface area contributed by atoms with Gasteiger partial charge in [-0.2, -0.15) is 0 Å². The third-order valence-electron chi connectivity index (χ3n) is 1.35. The van der Waals surface area contributed by atoms with Crippen molar-refractivity contribution in [1.29, 1.82) is 0 Å². The second-order valence-electron chi connectivity index (χ2n) is 2.70. The van der Waals surface area contributed by atoms with E-state index in [4.69, 9.17) is 11.5 Å². The van der Waals surface area contributed by atoms with Gasteiger partial charge in [-0.1, -0.05) is 12.8 Å². The Labute approximate surface area is 87.4 Å². The van der Waals surface area contributed by atoms with Gasteiger partial charge in [-0.3, -0.25) is 9.59 Å². The van der Waals surface area contributed by atoms with Gasteiger partial charge in [-0.25, -0.2) is 0 Å². The van der Waals surface area contributed by atoms with Crippen LogP contribution in [0.3, 0.4) is 0 Å². The minimum Gasteiger partial charge on any atom is -0.481 e. The molecule has 0 heterocycles. The van der Waals surface area contributed by atoms with Crippen LogP contribution in [0.15, 0.2) is 0 Å². The molecule has 4 nitrogen and oxygen atoms in total. The van der Waals surface area contributed by atoms with Crippen molar-refractivity contribution in [3.8, 4) is 12.3 Å². The number of carbonyl (C=O) groups excluding carboxylic acids is 1. The molecule has 1 amide bonds. The lowest BCUT2D eigenvalue weighted by atomic mass is 10.3. The molecule has 0 aromatic heterocycles.